The average Bonchev–Trinajstić information content (AvgIpc) is 2.41. The van der Waals surface area contributed by atoms with Gasteiger partial charge in [0, 0.05) is 6.54 Å². The van der Waals surface area contributed by atoms with E-state index in [2.05, 4.69) is 11.9 Å². The first-order chi connectivity index (χ1) is 9.52. The maximum atomic E-state index is 12.8. The van der Waals surface area contributed by atoms with Gasteiger partial charge in [-0.15, -0.1) is 6.58 Å². The summed E-state index contributed by atoms with van der Waals surface area (Å²) in [6, 6.07) is 5.47. The van der Waals surface area contributed by atoms with Crippen LogP contribution in [0, 0.1) is 5.82 Å². The highest BCUT2D eigenvalue weighted by molar-refractivity contribution is 7.80. The molecule has 1 aliphatic heterocycles. The van der Waals surface area contributed by atoms with Gasteiger partial charge in [-0.05, 0) is 36.0 Å². The SMILES string of the molecule is C=CCN1C(=O)C(=Cc2ccc(F)cc2)C(=O)NC1=S. The maximum absolute atomic E-state index is 12.8. The molecule has 2 rings (SSSR count). The van der Waals surface area contributed by atoms with Crippen LogP contribution in [0.3, 0.4) is 0 Å². The lowest BCUT2D eigenvalue weighted by Gasteiger charge is -2.27. The highest BCUT2D eigenvalue weighted by Crippen LogP contribution is 2.15. The summed E-state index contributed by atoms with van der Waals surface area (Å²) in [5.41, 5.74) is 0.503. The van der Waals surface area contributed by atoms with Crippen molar-refractivity contribution in [3.05, 3.63) is 53.9 Å². The van der Waals surface area contributed by atoms with Crippen LogP contribution in [0.5, 0.6) is 0 Å². The predicted octanol–water partition coefficient (Wildman–Crippen LogP) is 1.64. The highest BCUT2D eigenvalue weighted by atomic mass is 32.1. The van der Waals surface area contributed by atoms with Gasteiger partial charge in [0.15, 0.2) is 5.11 Å². The fourth-order valence-electron chi connectivity index (χ4n) is 1.71. The average molecular weight is 290 g/mol. The molecule has 2 amide bonds. The summed E-state index contributed by atoms with van der Waals surface area (Å²) in [4.78, 5) is 25.3. The van der Waals surface area contributed by atoms with E-state index in [9.17, 15) is 14.0 Å². The summed E-state index contributed by atoms with van der Waals surface area (Å²) in [6.45, 7) is 3.74. The van der Waals surface area contributed by atoms with Crippen LogP contribution < -0.4 is 5.32 Å². The molecule has 0 aliphatic carbocycles. The number of carbonyl (C=O) groups excluding carboxylic acids is 2. The third kappa shape index (κ3) is 2.80. The van der Waals surface area contributed by atoms with Crippen LogP contribution in [-0.4, -0.2) is 28.4 Å². The van der Waals surface area contributed by atoms with Crippen molar-refractivity contribution in [3.63, 3.8) is 0 Å². The van der Waals surface area contributed by atoms with Crippen molar-refractivity contribution in [2.75, 3.05) is 6.54 Å². The van der Waals surface area contributed by atoms with Crippen LogP contribution in [0.2, 0.25) is 0 Å². The Hall–Kier alpha value is -2.34. The smallest absolute Gasteiger partial charge is 0.265 e. The van der Waals surface area contributed by atoms with Gasteiger partial charge in [0.2, 0.25) is 0 Å². The topological polar surface area (TPSA) is 49.4 Å². The van der Waals surface area contributed by atoms with Crippen molar-refractivity contribution < 1.29 is 14.0 Å². The lowest BCUT2D eigenvalue weighted by Crippen LogP contribution is -2.53. The van der Waals surface area contributed by atoms with Gasteiger partial charge >= 0.3 is 0 Å². The Morgan fingerprint density at radius 2 is 1.95 bits per heavy atom. The van der Waals surface area contributed by atoms with Crippen LogP contribution in [0.15, 0.2) is 42.5 Å². The fraction of sp³-hybridized carbons (Fsp3) is 0.0714. The summed E-state index contributed by atoms with van der Waals surface area (Å²) in [5, 5.41) is 2.49. The van der Waals surface area contributed by atoms with Crippen molar-refractivity contribution in [1.29, 1.82) is 0 Å². The number of nitrogens with one attached hydrogen (secondary N) is 1. The number of rotatable bonds is 3. The van der Waals surface area contributed by atoms with Gasteiger partial charge in [-0.2, -0.15) is 0 Å². The zero-order chi connectivity index (χ0) is 14.7. The molecule has 0 radical (unpaired) electrons. The second kappa shape index (κ2) is 5.75. The second-order valence-electron chi connectivity index (χ2n) is 4.07. The molecule has 0 saturated carbocycles. The van der Waals surface area contributed by atoms with Crippen LogP contribution in [0.25, 0.3) is 6.08 Å². The van der Waals surface area contributed by atoms with Gasteiger partial charge in [-0.3, -0.25) is 19.8 Å². The molecule has 0 atom stereocenters. The molecular weight excluding hydrogens is 279 g/mol. The van der Waals surface area contributed by atoms with Crippen molar-refractivity contribution in [2.45, 2.75) is 0 Å². The van der Waals surface area contributed by atoms with Gasteiger partial charge < -0.3 is 0 Å². The van der Waals surface area contributed by atoms with Crippen LogP contribution in [0.4, 0.5) is 4.39 Å². The van der Waals surface area contributed by atoms with Crippen LogP contribution in [0.1, 0.15) is 5.56 Å². The van der Waals surface area contributed by atoms with Crippen molar-refractivity contribution in [1.82, 2.24) is 10.2 Å². The molecule has 4 nitrogen and oxygen atoms in total. The zero-order valence-corrected chi connectivity index (χ0v) is 11.2. The van der Waals surface area contributed by atoms with Gasteiger partial charge in [-0.1, -0.05) is 18.2 Å². The quantitative estimate of drug-likeness (QED) is 0.398. The third-order valence-electron chi connectivity index (χ3n) is 2.68. The number of halogens is 1. The molecule has 0 aromatic heterocycles. The van der Waals surface area contributed by atoms with E-state index in [1.807, 2.05) is 0 Å². The molecule has 6 heteroatoms. The Morgan fingerprint density at radius 3 is 2.55 bits per heavy atom. The van der Waals surface area contributed by atoms with Crippen molar-refractivity contribution in [2.24, 2.45) is 0 Å². The van der Waals surface area contributed by atoms with Gasteiger partial charge in [0.05, 0.1) is 0 Å². The number of amides is 2. The molecule has 1 aromatic rings. The van der Waals surface area contributed by atoms with Gasteiger partial charge in [0.25, 0.3) is 11.8 Å². The highest BCUT2D eigenvalue weighted by Gasteiger charge is 2.32. The number of nitrogens with zero attached hydrogens (tertiary/aromatic N) is 1. The van der Waals surface area contributed by atoms with Crippen molar-refractivity contribution in [3.8, 4) is 0 Å². The Balaban J connectivity index is 2.36. The number of benzene rings is 1. The summed E-state index contributed by atoms with van der Waals surface area (Å²) in [5.74, 6) is -1.45. The molecule has 1 aliphatic rings. The minimum atomic E-state index is -0.565. The summed E-state index contributed by atoms with van der Waals surface area (Å²) in [6.07, 6.45) is 2.91. The van der Waals surface area contributed by atoms with Crippen LogP contribution >= 0.6 is 12.2 Å². The number of carbonyl (C=O) groups is 2. The Labute approximate surface area is 120 Å². The first-order valence-corrected chi connectivity index (χ1v) is 6.19. The van der Waals surface area contributed by atoms with E-state index in [4.69, 9.17) is 12.2 Å². The molecule has 20 heavy (non-hydrogen) atoms. The molecular formula is C14H11FN2O2S. The minimum Gasteiger partial charge on any atom is -0.298 e. The summed E-state index contributed by atoms with van der Waals surface area (Å²) in [7, 11) is 0. The molecule has 102 valence electrons. The van der Waals surface area contributed by atoms with E-state index in [0.29, 0.717) is 5.56 Å². The first kappa shape index (κ1) is 14.1. The maximum Gasteiger partial charge on any atom is 0.265 e. The van der Waals surface area contributed by atoms with Gasteiger partial charge in [-0.25, -0.2) is 4.39 Å². The molecule has 1 fully saturated rings. The lowest BCUT2D eigenvalue weighted by molar-refractivity contribution is -0.128. The molecule has 0 unspecified atom stereocenters. The monoisotopic (exact) mass is 290 g/mol. The van der Waals surface area contributed by atoms with Gasteiger partial charge in [0.1, 0.15) is 11.4 Å². The van der Waals surface area contributed by atoms with E-state index in [1.165, 1.54) is 41.3 Å². The Bertz CT molecular complexity index is 623. The fourth-order valence-corrected chi connectivity index (χ4v) is 1.96. The molecule has 1 N–H and O–H groups in total. The molecule has 1 aromatic carbocycles. The van der Waals surface area contributed by atoms with E-state index in [-0.39, 0.29) is 23.0 Å². The molecule has 1 saturated heterocycles. The third-order valence-corrected chi connectivity index (χ3v) is 3.00. The van der Waals surface area contributed by atoms with Crippen molar-refractivity contribution >= 4 is 35.2 Å². The summed E-state index contributed by atoms with van der Waals surface area (Å²) < 4.78 is 12.8. The Kier molecular flexibility index (Phi) is 4.05. The summed E-state index contributed by atoms with van der Waals surface area (Å²) >= 11 is 4.93. The normalized spacial score (nSPS) is 17.4. The number of hydrogen-bond donors (Lipinski definition) is 1. The van der Waals surface area contributed by atoms with E-state index < -0.39 is 11.8 Å². The largest absolute Gasteiger partial charge is 0.298 e. The molecule has 1 heterocycles. The first-order valence-electron chi connectivity index (χ1n) is 5.78. The molecule has 0 bridgehead atoms. The second-order valence-corrected chi connectivity index (χ2v) is 4.46. The van der Waals surface area contributed by atoms with Crippen LogP contribution in [-0.2, 0) is 9.59 Å². The standard InChI is InChI=1S/C14H11FN2O2S/c1-2-7-17-13(19)11(12(18)16-14(17)20)8-9-3-5-10(15)6-4-9/h2-6,8H,1,7H2,(H,16,18,20). The predicted molar refractivity (Wildman–Crippen MR) is 77.0 cm³/mol. The lowest BCUT2D eigenvalue weighted by atomic mass is 10.1. The zero-order valence-electron chi connectivity index (χ0n) is 10.4. The van der Waals surface area contributed by atoms with E-state index in [0.717, 1.165) is 0 Å². The molecule has 0 spiro atoms. The number of thiocarbonyl (C=S) groups is 1. The van der Waals surface area contributed by atoms with E-state index >= 15 is 0 Å². The number of hydrogen-bond acceptors (Lipinski definition) is 3. The minimum absolute atomic E-state index is 0.0490. The Morgan fingerprint density at radius 1 is 1.30 bits per heavy atom. The van der Waals surface area contributed by atoms with E-state index in [1.54, 1.807) is 0 Å².